The molecule has 76 valence electrons. The van der Waals surface area contributed by atoms with Crippen molar-refractivity contribution in [3.05, 3.63) is 0 Å². The average Bonchev–Trinajstić information content (AvgIpc) is 2.18. The minimum Gasteiger partial charge on any atom is -0.382 e. The molecule has 0 saturated carbocycles. The zero-order valence-corrected chi connectivity index (χ0v) is 7.95. The number of carbonyl (C=O) groups excluding carboxylic acids is 1. The fourth-order valence-corrected chi connectivity index (χ4v) is 1.80. The molecule has 1 saturated heterocycles. The van der Waals surface area contributed by atoms with E-state index in [-0.39, 0.29) is 0 Å². The third-order valence-corrected chi connectivity index (χ3v) is 3.14. The lowest BCUT2D eigenvalue weighted by atomic mass is 9.68. The molecule has 0 aliphatic carbocycles. The van der Waals surface area contributed by atoms with Crippen LogP contribution in [0, 0.1) is 5.41 Å². The number of hydrogen-bond donors (Lipinski definition) is 2. The Kier molecular flexibility index (Phi) is 3.05. The lowest BCUT2D eigenvalue weighted by Crippen LogP contribution is -2.54. The van der Waals surface area contributed by atoms with E-state index in [4.69, 9.17) is 10.5 Å². The SMILES string of the molecule is CC(O)(C=O)C1(CN)CCOCC1. The summed E-state index contributed by atoms with van der Waals surface area (Å²) in [7, 11) is 0. The van der Waals surface area contributed by atoms with Gasteiger partial charge in [0.05, 0.1) is 0 Å². The first-order chi connectivity index (χ1) is 6.08. The maximum Gasteiger partial charge on any atom is 0.151 e. The molecule has 1 fully saturated rings. The number of hydrogen-bond acceptors (Lipinski definition) is 4. The summed E-state index contributed by atoms with van der Waals surface area (Å²) < 4.78 is 5.18. The summed E-state index contributed by atoms with van der Waals surface area (Å²) in [6, 6.07) is 0. The first kappa shape index (κ1) is 10.6. The van der Waals surface area contributed by atoms with Crippen molar-refractivity contribution >= 4 is 6.29 Å². The van der Waals surface area contributed by atoms with Gasteiger partial charge >= 0.3 is 0 Å². The second kappa shape index (κ2) is 3.74. The molecule has 0 radical (unpaired) electrons. The van der Waals surface area contributed by atoms with E-state index in [0.29, 0.717) is 38.9 Å². The topological polar surface area (TPSA) is 72.5 Å². The van der Waals surface area contributed by atoms with Crippen molar-refractivity contribution < 1.29 is 14.6 Å². The molecule has 0 amide bonds. The minimum absolute atomic E-state index is 0.322. The van der Waals surface area contributed by atoms with Gasteiger partial charge in [-0.2, -0.15) is 0 Å². The predicted octanol–water partition coefficient (Wildman–Crippen LogP) is -0.308. The zero-order chi connectivity index (χ0) is 9.95. The lowest BCUT2D eigenvalue weighted by molar-refractivity contribution is -0.147. The molecule has 0 aromatic rings. The van der Waals surface area contributed by atoms with Gasteiger partial charge in [0.25, 0.3) is 0 Å². The maximum absolute atomic E-state index is 10.7. The van der Waals surface area contributed by atoms with Crippen LogP contribution >= 0.6 is 0 Å². The van der Waals surface area contributed by atoms with Crippen molar-refractivity contribution in [2.75, 3.05) is 19.8 Å². The van der Waals surface area contributed by atoms with E-state index in [2.05, 4.69) is 0 Å². The van der Waals surface area contributed by atoms with Crippen LogP contribution in [0.2, 0.25) is 0 Å². The fourth-order valence-electron chi connectivity index (χ4n) is 1.80. The van der Waals surface area contributed by atoms with Gasteiger partial charge in [0.15, 0.2) is 6.29 Å². The van der Waals surface area contributed by atoms with Crippen molar-refractivity contribution in [2.24, 2.45) is 11.1 Å². The number of nitrogens with two attached hydrogens (primary N) is 1. The zero-order valence-electron chi connectivity index (χ0n) is 7.95. The molecule has 0 aromatic heterocycles. The highest BCUT2D eigenvalue weighted by atomic mass is 16.5. The normalized spacial score (nSPS) is 26.4. The van der Waals surface area contributed by atoms with Gasteiger partial charge in [0.1, 0.15) is 5.60 Å². The van der Waals surface area contributed by atoms with Gasteiger partial charge in [-0.3, -0.25) is 0 Å². The summed E-state index contributed by atoms with van der Waals surface area (Å²) in [6.07, 6.45) is 1.88. The van der Waals surface area contributed by atoms with Crippen molar-refractivity contribution in [1.82, 2.24) is 0 Å². The van der Waals surface area contributed by atoms with Crippen LogP contribution in [0.15, 0.2) is 0 Å². The molecule has 1 rings (SSSR count). The van der Waals surface area contributed by atoms with Gasteiger partial charge in [-0.15, -0.1) is 0 Å². The van der Waals surface area contributed by atoms with Crippen molar-refractivity contribution in [3.63, 3.8) is 0 Å². The highest BCUT2D eigenvalue weighted by Gasteiger charge is 2.46. The summed E-state index contributed by atoms with van der Waals surface area (Å²) in [4.78, 5) is 10.7. The number of ether oxygens (including phenoxy) is 1. The Morgan fingerprint density at radius 2 is 2.15 bits per heavy atom. The van der Waals surface area contributed by atoms with Crippen LogP contribution in [-0.4, -0.2) is 36.8 Å². The Labute approximate surface area is 78.1 Å². The Hall–Kier alpha value is -0.450. The smallest absolute Gasteiger partial charge is 0.151 e. The first-order valence-corrected chi connectivity index (χ1v) is 4.54. The summed E-state index contributed by atoms with van der Waals surface area (Å²) >= 11 is 0. The van der Waals surface area contributed by atoms with Crippen molar-refractivity contribution in [3.8, 4) is 0 Å². The molecule has 3 N–H and O–H groups in total. The van der Waals surface area contributed by atoms with E-state index in [0.717, 1.165) is 0 Å². The highest BCUT2D eigenvalue weighted by molar-refractivity contribution is 5.63. The molecule has 1 unspecified atom stereocenters. The fraction of sp³-hybridized carbons (Fsp3) is 0.889. The van der Waals surface area contributed by atoms with Crippen LogP contribution in [-0.2, 0) is 9.53 Å². The summed E-state index contributed by atoms with van der Waals surface area (Å²) in [5.74, 6) is 0. The third-order valence-electron chi connectivity index (χ3n) is 3.14. The van der Waals surface area contributed by atoms with Gasteiger partial charge in [0, 0.05) is 25.2 Å². The molecule has 0 spiro atoms. The Balaban J connectivity index is 2.84. The van der Waals surface area contributed by atoms with Crippen molar-refractivity contribution in [1.29, 1.82) is 0 Å². The van der Waals surface area contributed by atoms with Gasteiger partial charge < -0.3 is 20.4 Å². The molecular weight excluding hydrogens is 170 g/mol. The van der Waals surface area contributed by atoms with Crippen LogP contribution in [0.4, 0.5) is 0 Å². The molecule has 1 atom stereocenters. The molecule has 4 heteroatoms. The third kappa shape index (κ3) is 1.75. The van der Waals surface area contributed by atoms with Crippen LogP contribution < -0.4 is 5.73 Å². The Morgan fingerprint density at radius 1 is 1.62 bits per heavy atom. The quantitative estimate of drug-likeness (QED) is 0.594. The second-order valence-corrected chi connectivity index (χ2v) is 3.86. The number of carbonyl (C=O) groups is 1. The molecule has 1 aliphatic heterocycles. The minimum atomic E-state index is -1.33. The van der Waals surface area contributed by atoms with Gasteiger partial charge in [-0.05, 0) is 19.8 Å². The monoisotopic (exact) mass is 187 g/mol. The van der Waals surface area contributed by atoms with Gasteiger partial charge in [0.2, 0.25) is 0 Å². The van der Waals surface area contributed by atoms with Gasteiger partial charge in [-0.25, -0.2) is 0 Å². The predicted molar refractivity (Wildman–Crippen MR) is 48.2 cm³/mol. The largest absolute Gasteiger partial charge is 0.382 e. The highest BCUT2D eigenvalue weighted by Crippen LogP contribution is 2.38. The molecule has 0 bridgehead atoms. The lowest BCUT2D eigenvalue weighted by Gasteiger charge is -2.44. The molecule has 1 aliphatic rings. The number of aldehydes is 1. The van der Waals surface area contributed by atoms with Crippen LogP contribution in [0.5, 0.6) is 0 Å². The molecule has 13 heavy (non-hydrogen) atoms. The molecule has 0 aromatic carbocycles. The van der Waals surface area contributed by atoms with Crippen LogP contribution in [0.25, 0.3) is 0 Å². The Bertz CT molecular complexity index is 185. The van der Waals surface area contributed by atoms with Gasteiger partial charge in [-0.1, -0.05) is 0 Å². The molecule has 1 heterocycles. The van der Waals surface area contributed by atoms with E-state index >= 15 is 0 Å². The first-order valence-electron chi connectivity index (χ1n) is 4.54. The summed E-state index contributed by atoms with van der Waals surface area (Å²) in [5.41, 5.74) is 3.80. The summed E-state index contributed by atoms with van der Waals surface area (Å²) in [5, 5.41) is 9.89. The van der Waals surface area contributed by atoms with Crippen LogP contribution in [0.3, 0.4) is 0 Å². The van der Waals surface area contributed by atoms with Crippen LogP contribution in [0.1, 0.15) is 19.8 Å². The maximum atomic E-state index is 10.7. The van der Waals surface area contributed by atoms with E-state index < -0.39 is 11.0 Å². The van der Waals surface area contributed by atoms with Crippen molar-refractivity contribution in [2.45, 2.75) is 25.4 Å². The van der Waals surface area contributed by atoms with E-state index in [1.54, 1.807) is 0 Å². The summed E-state index contributed by atoms with van der Waals surface area (Å²) in [6.45, 7) is 2.99. The standard InChI is InChI=1S/C9H17NO3/c1-8(12,7-11)9(6-10)2-4-13-5-3-9/h7,12H,2-6,10H2,1H3. The molecule has 4 nitrogen and oxygen atoms in total. The second-order valence-electron chi connectivity index (χ2n) is 3.86. The Morgan fingerprint density at radius 3 is 2.54 bits per heavy atom. The average molecular weight is 187 g/mol. The van der Waals surface area contributed by atoms with E-state index in [1.807, 2.05) is 0 Å². The number of rotatable bonds is 3. The van der Waals surface area contributed by atoms with E-state index in [9.17, 15) is 9.90 Å². The number of aliphatic hydroxyl groups is 1. The van der Waals surface area contributed by atoms with E-state index in [1.165, 1.54) is 6.92 Å². The molecular formula is C9H17NO3.